The van der Waals surface area contributed by atoms with Crippen molar-refractivity contribution in [1.29, 1.82) is 5.26 Å². The van der Waals surface area contributed by atoms with Crippen LogP contribution in [-0.2, 0) is 6.54 Å². The van der Waals surface area contributed by atoms with Gasteiger partial charge in [-0.2, -0.15) is 5.26 Å². The Morgan fingerprint density at radius 1 is 1.64 bits per heavy atom. The van der Waals surface area contributed by atoms with E-state index in [1.807, 2.05) is 0 Å². The highest BCUT2D eigenvalue weighted by atomic mass is 35.5. The lowest BCUT2D eigenvalue weighted by molar-refractivity contribution is -0.385. The first-order valence-corrected chi connectivity index (χ1v) is 4.05. The van der Waals surface area contributed by atoms with Crippen molar-refractivity contribution in [3.05, 3.63) is 38.4 Å². The molecule has 0 saturated heterocycles. The van der Waals surface area contributed by atoms with Crippen LogP contribution >= 0.6 is 11.6 Å². The van der Waals surface area contributed by atoms with Gasteiger partial charge in [0.15, 0.2) is 0 Å². The first-order valence-electron chi connectivity index (χ1n) is 3.67. The molecule has 0 aliphatic rings. The molecule has 0 bridgehead atoms. The monoisotopic (exact) mass is 211 g/mol. The normalized spacial score (nSPS) is 9.50. The van der Waals surface area contributed by atoms with Gasteiger partial charge in [-0.05, 0) is 6.07 Å². The Balaban J connectivity index is 3.45. The molecule has 0 aromatic heterocycles. The molecule has 5 nitrogen and oxygen atoms in total. The Labute approximate surface area is 84.8 Å². The maximum absolute atomic E-state index is 10.6. The van der Waals surface area contributed by atoms with Crippen LogP contribution in [0.1, 0.15) is 11.1 Å². The van der Waals surface area contributed by atoms with E-state index in [-0.39, 0.29) is 28.4 Å². The molecule has 14 heavy (non-hydrogen) atoms. The summed E-state index contributed by atoms with van der Waals surface area (Å²) in [4.78, 5) is 9.98. The zero-order valence-corrected chi connectivity index (χ0v) is 7.78. The fourth-order valence-corrected chi connectivity index (χ4v) is 1.34. The van der Waals surface area contributed by atoms with E-state index in [4.69, 9.17) is 22.6 Å². The quantitative estimate of drug-likeness (QED) is 0.594. The van der Waals surface area contributed by atoms with E-state index >= 15 is 0 Å². The largest absolute Gasteiger partial charge is 0.326 e. The lowest BCUT2D eigenvalue weighted by Crippen LogP contribution is -2.03. The van der Waals surface area contributed by atoms with E-state index in [2.05, 4.69) is 0 Å². The van der Waals surface area contributed by atoms with Crippen LogP contribution in [0, 0.1) is 21.4 Å². The molecule has 2 N–H and O–H groups in total. The smallest absolute Gasteiger partial charge is 0.276 e. The van der Waals surface area contributed by atoms with Gasteiger partial charge < -0.3 is 5.73 Å². The minimum Gasteiger partial charge on any atom is -0.326 e. The molecule has 6 heteroatoms. The van der Waals surface area contributed by atoms with Crippen LogP contribution in [0.2, 0.25) is 5.02 Å². The molecule has 0 radical (unpaired) electrons. The third-order valence-corrected chi connectivity index (χ3v) is 2.04. The molecule has 0 heterocycles. The summed E-state index contributed by atoms with van der Waals surface area (Å²) >= 11 is 5.72. The lowest BCUT2D eigenvalue weighted by Gasteiger charge is -2.02. The van der Waals surface area contributed by atoms with Crippen molar-refractivity contribution in [1.82, 2.24) is 0 Å². The Bertz CT molecular complexity index is 425. The summed E-state index contributed by atoms with van der Waals surface area (Å²) in [7, 11) is 0. The van der Waals surface area contributed by atoms with E-state index in [1.54, 1.807) is 6.07 Å². The minimum atomic E-state index is -0.602. The lowest BCUT2D eigenvalue weighted by atomic mass is 10.1. The fraction of sp³-hybridized carbons (Fsp3) is 0.125. The highest BCUT2D eigenvalue weighted by molar-refractivity contribution is 6.31. The number of nitro benzene ring substituents is 1. The highest BCUT2D eigenvalue weighted by Gasteiger charge is 2.17. The molecular formula is C8H6ClN3O2. The van der Waals surface area contributed by atoms with Crippen molar-refractivity contribution >= 4 is 17.3 Å². The van der Waals surface area contributed by atoms with Crippen LogP contribution in [-0.4, -0.2) is 4.92 Å². The number of nitro groups is 1. The predicted molar refractivity (Wildman–Crippen MR) is 50.7 cm³/mol. The van der Waals surface area contributed by atoms with Crippen LogP contribution in [0.3, 0.4) is 0 Å². The third-order valence-electron chi connectivity index (χ3n) is 1.70. The molecule has 0 amide bonds. The van der Waals surface area contributed by atoms with Crippen molar-refractivity contribution < 1.29 is 4.92 Å². The van der Waals surface area contributed by atoms with Crippen molar-refractivity contribution in [2.24, 2.45) is 5.73 Å². The topological polar surface area (TPSA) is 93.0 Å². The van der Waals surface area contributed by atoms with Gasteiger partial charge in [0.1, 0.15) is 0 Å². The van der Waals surface area contributed by atoms with E-state index in [0.717, 1.165) is 6.07 Å². The van der Waals surface area contributed by atoms with Crippen LogP contribution in [0.25, 0.3) is 0 Å². The van der Waals surface area contributed by atoms with E-state index in [9.17, 15) is 10.1 Å². The van der Waals surface area contributed by atoms with Gasteiger partial charge >= 0.3 is 0 Å². The molecule has 72 valence electrons. The summed E-state index contributed by atoms with van der Waals surface area (Å²) in [6, 6.07) is 4.30. The number of nitrogens with zero attached hydrogens (tertiary/aromatic N) is 2. The number of benzene rings is 1. The summed E-state index contributed by atoms with van der Waals surface area (Å²) in [6.07, 6.45) is 0. The fourth-order valence-electron chi connectivity index (χ4n) is 1.05. The Kier molecular flexibility index (Phi) is 3.02. The summed E-state index contributed by atoms with van der Waals surface area (Å²) < 4.78 is 0. The van der Waals surface area contributed by atoms with Crippen molar-refractivity contribution in [3.63, 3.8) is 0 Å². The van der Waals surface area contributed by atoms with Gasteiger partial charge in [0.25, 0.3) is 5.69 Å². The summed E-state index contributed by atoms with van der Waals surface area (Å²) in [5, 5.41) is 19.3. The predicted octanol–water partition coefficient (Wildman–Crippen LogP) is 1.58. The van der Waals surface area contributed by atoms with Crippen molar-refractivity contribution in [2.45, 2.75) is 6.54 Å². The van der Waals surface area contributed by atoms with Crippen LogP contribution in [0.5, 0.6) is 0 Å². The highest BCUT2D eigenvalue weighted by Crippen LogP contribution is 2.27. The second-order valence-electron chi connectivity index (χ2n) is 2.53. The first kappa shape index (κ1) is 10.4. The molecule has 0 aliphatic heterocycles. The van der Waals surface area contributed by atoms with E-state index in [1.165, 1.54) is 6.07 Å². The molecule has 0 unspecified atom stereocenters. The second kappa shape index (κ2) is 4.05. The standard InChI is InChI=1S/C8H6ClN3O2/c9-7-1-5(3-10)2-8(12(13)14)6(7)4-11/h1-2H,4,11H2. The van der Waals surface area contributed by atoms with E-state index < -0.39 is 4.92 Å². The van der Waals surface area contributed by atoms with Gasteiger partial charge in [0.2, 0.25) is 0 Å². The van der Waals surface area contributed by atoms with Gasteiger partial charge in [0.05, 0.1) is 27.1 Å². The Morgan fingerprint density at radius 3 is 2.71 bits per heavy atom. The van der Waals surface area contributed by atoms with Crippen LogP contribution in [0.15, 0.2) is 12.1 Å². The van der Waals surface area contributed by atoms with Crippen LogP contribution < -0.4 is 5.73 Å². The number of hydrogen-bond acceptors (Lipinski definition) is 4. The Morgan fingerprint density at radius 2 is 2.29 bits per heavy atom. The average Bonchev–Trinajstić information content (AvgIpc) is 2.16. The maximum Gasteiger partial charge on any atom is 0.276 e. The zero-order chi connectivity index (χ0) is 10.7. The molecule has 0 spiro atoms. The van der Waals surface area contributed by atoms with Gasteiger partial charge in [-0.15, -0.1) is 0 Å². The molecule has 0 aliphatic carbocycles. The molecule has 0 fully saturated rings. The van der Waals surface area contributed by atoms with Gasteiger partial charge in [-0.1, -0.05) is 11.6 Å². The zero-order valence-electron chi connectivity index (χ0n) is 7.03. The number of nitrogens with two attached hydrogens (primary N) is 1. The number of rotatable bonds is 2. The van der Waals surface area contributed by atoms with Gasteiger partial charge in [-0.25, -0.2) is 0 Å². The number of nitriles is 1. The molecule has 1 aromatic carbocycles. The van der Waals surface area contributed by atoms with Gasteiger partial charge in [0, 0.05) is 12.6 Å². The van der Waals surface area contributed by atoms with Gasteiger partial charge in [-0.3, -0.25) is 10.1 Å². The van der Waals surface area contributed by atoms with Crippen molar-refractivity contribution in [3.8, 4) is 6.07 Å². The second-order valence-corrected chi connectivity index (χ2v) is 2.94. The molecule has 1 aromatic rings. The van der Waals surface area contributed by atoms with Crippen LogP contribution in [0.4, 0.5) is 5.69 Å². The SMILES string of the molecule is N#Cc1cc(Cl)c(CN)c([N+](=O)[O-])c1. The maximum atomic E-state index is 10.6. The molecular weight excluding hydrogens is 206 g/mol. The van der Waals surface area contributed by atoms with Crippen molar-refractivity contribution in [2.75, 3.05) is 0 Å². The molecule has 0 atom stereocenters. The first-order chi connectivity index (χ1) is 6.60. The Hall–Kier alpha value is -1.64. The minimum absolute atomic E-state index is 0.0269. The number of halogens is 1. The number of hydrogen-bond donors (Lipinski definition) is 1. The summed E-state index contributed by atoms with van der Waals surface area (Å²) in [5.41, 5.74) is 5.50. The summed E-state index contributed by atoms with van der Waals surface area (Å²) in [5.74, 6) is 0. The van der Waals surface area contributed by atoms with E-state index in [0.29, 0.717) is 0 Å². The average molecular weight is 212 g/mol. The molecule has 0 saturated carbocycles. The third kappa shape index (κ3) is 1.82. The summed E-state index contributed by atoms with van der Waals surface area (Å²) in [6.45, 7) is -0.0269. The molecule has 1 rings (SSSR count).